The number of para-hydroxylation sites is 1. The molecule has 0 fully saturated rings. The van der Waals surface area contributed by atoms with Gasteiger partial charge in [-0.25, -0.2) is 4.98 Å². The Bertz CT molecular complexity index is 2750. The molecular formula is C47H34N4S. The summed E-state index contributed by atoms with van der Waals surface area (Å²) in [5.41, 5.74) is 11.9. The van der Waals surface area contributed by atoms with E-state index in [2.05, 4.69) is 139 Å². The molecule has 0 saturated heterocycles. The Morgan fingerprint density at radius 3 is 2.50 bits per heavy atom. The van der Waals surface area contributed by atoms with E-state index in [-0.39, 0.29) is 11.5 Å². The summed E-state index contributed by atoms with van der Waals surface area (Å²) in [5.74, 6) is 0. The molecule has 7 aromatic rings. The number of rotatable bonds is 5. The molecule has 10 rings (SSSR count). The lowest BCUT2D eigenvalue weighted by atomic mass is 9.71. The summed E-state index contributed by atoms with van der Waals surface area (Å²) in [6, 6.07) is 36.3. The van der Waals surface area contributed by atoms with Gasteiger partial charge in [0.25, 0.3) is 0 Å². The summed E-state index contributed by atoms with van der Waals surface area (Å²) in [7, 11) is 0. The first-order valence-corrected chi connectivity index (χ1v) is 18.6. The van der Waals surface area contributed by atoms with Crippen LogP contribution in [-0.4, -0.2) is 15.0 Å². The normalized spacial score (nSPS) is 19.5. The molecule has 52 heavy (non-hydrogen) atoms. The largest absolute Gasteiger partial charge is 0.371 e. The molecule has 5 heterocycles. The predicted octanol–water partition coefficient (Wildman–Crippen LogP) is 11.7. The third-order valence-corrected chi connectivity index (χ3v) is 11.8. The van der Waals surface area contributed by atoms with E-state index < -0.39 is 0 Å². The van der Waals surface area contributed by atoms with Gasteiger partial charge in [0.05, 0.1) is 39.0 Å². The third-order valence-electron chi connectivity index (χ3n) is 10.6. The zero-order valence-corrected chi connectivity index (χ0v) is 29.4. The number of fused-ring (bicyclic) bond motifs is 6. The Morgan fingerprint density at radius 2 is 1.62 bits per heavy atom. The summed E-state index contributed by atoms with van der Waals surface area (Å²) in [5, 5.41) is 7.42. The molecule has 4 nitrogen and oxygen atoms in total. The van der Waals surface area contributed by atoms with Crippen LogP contribution in [-0.2, 0) is 0 Å². The second-order valence-electron chi connectivity index (χ2n) is 13.9. The van der Waals surface area contributed by atoms with Crippen molar-refractivity contribution < 1.29 is 0 Å². The quantitative estimate of drug-likeness (QED) is 0.196. The highest BCUT2D eigenvalue weighted by Gasteiger charge is 2.32. The van der Waals surface area contributed by atoms with Gasteiger partial charge in [0, 0.05) is 49.8 Å². The maximum absolute atomic E-state index is 5.66. The average Bonchev–Trinajstić information content (AvgIpc) is 3.60. The summed E-state index contributed by atoms with van der Waals surface area (Å²) in [6.45, 7) is 2.34. The van der Waals surface area contributed by atoms with Crippen LogP contribution in [0, 0.1) is 5.41 Å². The number of thiophene rings is 1. The number of benzene rings is 3. The summed E-state index contributed by atoms with van der Waals surface area (Å²) in [6.07, 6.45) is 22.7. The fourth-order valence-electron chi connectivity index (χ4n) is 7.99. The van der Waals surface area contributed by atoms with E-state index >= 15 is 0 Å². The molecule has 0 spiro atoms. The molecule has 0 bridgehead atoms. The summed E-state index contributed by atoms with van der Waals surface area (Å²) < 4.78 is 2.52. The van der Waals surface area contributed by atoms with Gasteiger partial charge in [-0.1, -0.05) is 110 Å². The van der Waals surface area contributed by atoms with E-state index in [1.807, 2.05) is 54.1 Å². The standard InChI is InChI=1S/C47H34N4S/c1-47-23-7-4-19-37(47)34(18-12-24-47)45-46-43(35-15-2-3-22-42(35)52-46)36-17-11-16-33(44(36)51-45)31-14-10-13-30(27-31)32-28-40(38-20-5-8-25-48-38)50-41(29-32)39-21-6-9-26-49-39/h2-23,25-29,40,50H,24H2,1H3/t40?,47-/m0/s1. The van der Waals surface area contributed by atoms with Crippen molar-refractivity contribution in [1.29, 1.82) is 0 Å². The van der Waals surface area contributed by atoms with Crippen molar-refractivity contribution in [3.05, 3.63) is 192 Å². The van der Waals surface area contributed by atoms with Gasteiger partial charge in [0.2, 0.25) is 0 Å². The Hall–Kier alpha value is -6.17. The lowest BCUT2D eigenvalue weighted by molar-refractivity contribution is 0.529. The number of hydrogen-bond donors (Lipinski definition) is 1. The number of allylic oxidation sites excluding steroid dienone is 10. The first-order chi connectivity index (χ1) is 25.6. The van der Waals surface area contributed by atoms with Gasteiger partial charge in [-0.05, 0) is 77.2 Å². The zero-order valence-electron chi connectivity index (χ0n) is 28.6. The molecule has 0 saturated carbocycles. The fourth-order valence-corrected chi connectivity index (χ4v) is 9.21. The van der Waals surface area contributed by atoms with E-state index in [1.165, 1.54) is 36.7 Å². The minimum Gasteiger partial charge on any atom is -0.371 e. The molecule has 0 radical (unpaired) electrons. The van der Waals surface area contributed by atoms with Crippen LogP contribution >= 0.6 is 11.3 Å². The number of dihydropyridines is 1. The van der Waals surface area contributed by atoms with Gasteiger partial charge >= 0.3 is 0 Å². The molecule has 2 atom stereocenters. The summed E-state index contributed by atoms with van der Waals surface area (Å²) >= 11 is 1.85. The third kappa shape index (κ3) is 5.08. The number of hydrogen-bond acceptors (Lipinski definition) is 5. The van der Waals surface area contributed by atoms with Crippen LogP contribution in [0.4, 0.5) is 0 Å². The van der Waals surface area contributed by atoms with Gasteiger partial charge in [0.1, 0.15) is 0 Å². The highest BCUT2D eigenvalue weighted by molar-refractivity contribution is 7.26. The van der Waals surface area contributed by atoms with Crippen molar-refractivity contribution in [3.8, 4) is 11.1 Å². The van der Waals surface area contributed by atoms with Crippen molar-refractivity contribution in [2.45, 2.75) is 19.4 Å². The molecule has 1 unspecified atom stereocenters. The lowest BCUT2D eigenvalue weighted by Crippen LogP contribution is -2.23. The Kier molecular flexibility index (Phi) is 7.22. The molecule has 1 N–H and O–H groups in total. The minimum atomic E-state index is -0.101. The van der Waals surface area contributed by atoms with Crippen molar-refractivity contribution in [1.82, 2.24) is 20.3 Å². The molecule has 3 aliphatic rings. The van der Waals surface area contributed by atoms with Crippen LogP contribution in [0.1, 0.15) is 42.0 Å². The van der Waals surface area contributed by atoms with Crippen LogP contribution in [0.3, 0.4) is 0 Å². The highest BCUT2D eigenvalue weighted by atomic mass is 32.1. The summed E-state index contributed by atoms with van der Waals surface area (Å²) in [4.78, 5) is 15.0. The Morgan fingerprint density at radius 1 is 0.788 bits per heavy atom. The van der Waals surface area contributed by atoms with E-state index in [0.29, 0.717) is 0 Å². The molecule has 2 aliphatic carbocycles. The molecule has 1 aliphatic heterocycles. The van der Waals surface area contributed by atoms with E-state index in [4.69, 9.17) is 9.97 Å². The number of aromatic nitrogens is 3. The second-order valence-corrected chi connectivity index (χ2v) is 14.9. The van der Waals surface area contributed by atoms with Crippen molar-refractivity contribution in [2.24, 2.45) is 5.41 Å². The monoisotopic (exact) mass is 686 g/mol. The molecule has 4 aromatic heterocycles. The van der Waals surface area contributed by atoms with Gasteiger partial charge in [-0.2, -0.15) is 0 Å². The van der Waals surface area contributed by atoms with Crippen molar-refractivity contribution >= 4 is 59.3 Å². The van der Waals surface area contributed by atoms with E-state index in [1.54, 1.807) is 0 Å². The Balaban J connectivity index is 1.18. The predicted molar refractivity (Wildman–Crippen MR) is 217 cm³/mol. The van der Waals surface area contributed by atoms with Crippen LogP contribution in [0.2, 0.25) is 0 Å². The molecule has 3 aromatic carbocycles. The molecule has 5 heteroatoms. The molecule has 0 amide bonds. The van der Waals surface area contributed by atoms with Gasteiger partial charge in [-0.15, -0.1) is 11.3 Å². The van der Waals surface area contributed by atoms with Gasteiger partial charge in [0.15, 0.2) is 0 Å². The number of nitrogens with one attached hydrogen (secondary N) is 1. The SMILES string of the molecule is C[C@@]12C=CC=CC1=C(c1nc3c(-c4cccc(C5=CC(c6ccccn6)NC(c6ccccn6)=C5)c4)cccc3c3c1sc1ccccc13)C=CC2. The first kappa shape index (κ1) is 30.6. The van der Waals surface area contributed by atoms with E-state index in [9.17, 15) is 0 Å². The van der Waals surface area contributed by atoms with Gasteiger partial charge in [-0.3, -0.25) is 9.97 Å². The van der Waals surface area contributed by atoms with E-state index in [0.717, 1.165) is 57.0 Å². The lowest BCUT2D eigenvalue weighted by Gasteiger charge is -2.33. The molecular weight excluding hydrogens is 653 g/mol. The Labute approximate surface area is 306 Å². The van der Waals surface area contributed by atoms with Crippen LogP contribution in [0.5, 0.6) is 0 Å². The van der Waals surface area contributed by atoms with Crippen molar-refractivity contribution in [3.63, 3.8) is 0 Å². The molecule has 248 valence electrons. The maximum atomic E-state index is 5.66. The highest BCUT2D eigenvalue weighted by Crippen LogP contribution is 2.49. The second kappa shape index (κ2) is 12.3. The van der Waals surface area contributed by atoms with Crippen molar-refractivity contribution in [2.75, 3.05) is 0 Å². The average molecular weight is 687 g/mol. The smallest absolute Gasteiger partial charge is 0.0891 e. The minimum absolute atomic E-state index is 0.0519. The maximum Gasteiger partial charge on any atom is 0.0891 e. The van der Waals surface area contributed by atoms with Gasteiger partial charge < -0.3 is 5.32 Å². The van der Waals surface area contributed by atoms with Crippen LogP contribution < -0.4 is 5.32 Å². The first-order valence-electron chi connectivity index (χ1n) is 17.8. The number of nitrogens with zero attached hydrogens (tertiary/aromatic N) is 3. The fraction of sp³-hybridized carbons (Fsp3) is 0.0851. The number of pyridine rings is 3. The topological polar surface area (TPSA) is 50.7 Å². The van der Waals surface area contributed by atoms with Crippen LogP contribution in [0.15, 0.2) is 170 Å². The zero-order chi connectivity index (χ0) is 34.6. The van der Waals surface area contributed by atoms with Crippen LogP contribution in [0.25, 0.3) is 59.0 Å².